The second kappa shape index (κ2) is 5.28. The Kier molecular flexibility index (Phi) is 4.06. The highest BCUT2D eigenvalue weighted by Crippen LogP contribution is 2.28. The quantitative estimate of drug-likeness (QED) is 0.833. The van der Waals surface area contributed by atoms with Gasteiger partial charge < -0.3 is 10.6 Å². The maximum absolute atomic E-state index is 12.6. The molecule has 1 saturated heterocycles. The summed E-state index contributed by atoms with van der Waals surface area (Å²) in [4.78, 5) is 2.31. The van der Waals surface area contributed by atoms with Gasteiger partial charge in [-0.15, -0.1) is 0 Å². The molecule has 5 nitrogen and oxygen atoms in total. The first kappa shape index (κ1) is 14.6. The minimum atomic E-state index is -3.52. The first-order chi connectivity index (χ1) is 8.82. The van der Waals surface area contributed by atoms with Gasteiger partial charge in [-0.05, 0) is 31.7 Å². The molecule has 106 valence electrons. The Morgan fingerprint density at radius 2 is 1.79 bits per heavy atom. The molecule has 2 N–H and O–H groups in total. The summed E-state index contributed by atoms with van der Waals surface area (Å²) in [5.74, 6) is 0. The highest BCUT2D eigenvalue weighted by Gasteiger charge is 2.29. The summed E-state index contributed by atoms with van der Waals surface area (Å²) in [5.41, 5.74) is 6.76. The smallest absolute Gasteiger partial charge is 0.243 e. The SMILES string of the molecule is Cc1c(N)cc(Cl)cc1S(=O)(=O)N1CCN(C)CC1. The number of hydrogen-bond acceptors (Lipinski definition) is 4. The van der Waals surface area contributed by atoms with E-state index < -0.39 is 10.0 Å². The normalized spacial score (nSPS) is 18.7. The van der Waals surface area contributed by atoms with Gasteiger partial charge in [0, 0.05) is 36.9 Å². The molecule has 0 amide bonds. The van der Waals surface area contributed by atoms with Crippen LogP contribution in [0.25, 0.3) is 0 Å². The van der Waals surface area contributed by atoms with Gasteiger partial charge >= 0.3 is 0 Å². The monoisotopic (exact) mass is 303 g/mol. The van der Waals surface area contributed by atoms with Crippen LogP contribution in [0.3, 0.4) is 0 Å². The van der Waals surface area contributed by atoms with Crippen LogP contribution in [-0.2, 0) is 10.0 Å². The average molecular weight is 304 g/mol. The molecule has 0 radical (unpaired) electrons. The fraction of sp³-hybridized carbons (Fsp3) is 0.500. The van der Waals surface area contributed by atoms with Crippen LogP contribution < -0.4 is 5.73 Å². The van der Waals surface area contributed by atoms with Crippen molar-refractivity contribution in [2.24, 2.45) is 0 Å². The van der Waals surface area contributed by atoms with Gasteiger partial charge in [-0.25, -0.2) is 8.42 Å². The lowest BCUT2D eigenvalue weighted by molar-refractivity contribution is 0.222. The van der Waals surface area contributed by atoms with Crippen LogP contribution in [0.2, 0.25) is 5.02 Å². The van der Waals surface area contributed by atoms with Crippen LogP contribution in [0.15, 0.2) is 17.0 Å². The third-order valence-electron chi connectivity index (χ3n) is 3.45. The standard InChI is InChI=1S/C12H18ClN3O2S/c1-9-11(14)7-10(13)8-12(9)19(17,18)16-5-3-15(2)4-6-16/h7-8H,3-6,14H2,1-2H3. The van der Waals surface area contributed by atoms with Gasteiger partial charge in [0.1, 0.15) is 0 Å². The number of likely N-dealkylation sites (N-methyl/N-ethyl adjacent to an activating group) is 1. The Morgan fingerprint density at radius 3 is 2.37 bits per heavy atom. The van der Waals surface area contributed by atoms with E-state index >= 15 is 0 Å². The summed E-state index contributed by atoms with van der Waals surface area (Å²) in [6.45, 7) is 4.15. The van der Waals surface area contributed by atoms with E-state index in [2.05, 4.69) is 4.90 Å². The van der Waals surface area contributed by atoms with Crippen molar-refractivity contribution in [3.8, 4) is 0 Å². The number of sulfonamides is 1. The van der Waals surface area contributed by atoms with Crippen molar-refractivity contribution < 1.29 is 8.42 Å². The van der Waals surface area contributed by atoms with E-state index in [9.17, 15) is 8.42 Å². The number of nitrogens with two attached hydrogens (primary N) is 1. The van der Waals surface area contributed by atoms with Gasteiger partial charge in [-0.3, -0.25) is 0 Å². The zero-order valence-corrected chi connectivity index (χ0v) is 12.6. The molecule has 1 aromatic rings. The third-order valence-corrected chi connectivity index (χ3v) is 5.69. The maximum atomic E-state index is 12.6. The van der Waals surface area contributed by atoms with E-state index in [1.54, 1.807) is 13.0 Å². The lowest BCUT2D eigenvalue weighted by Gasteiger charge is -2.32. The van der Waals surface area contributed by atoms with E-state index in [-0.39, 0.29) is 4.90 Å². The van der Waals surface area contributed by atoms with Gasteiger partial charge in [-0.1, -0.05) is 11.6 Å². The molecule has 2 rings (SSSR count). The summed E-state index contributed by atoms with van der Waals surface area (Å²) in [6, 6.07) is 3.04. The molecule has 7 heteroatoms. The molecule has 0 unspecified atom stereocenters. The topological polar surface area (TPSA) is 66.6 Å². The number of halogens is 1. The molecule has 0 spiro atoms. The molecule has 0 bridgehead atoms. The lowest BCUT2D eigenvalue weighted by atomic mass is 10.2. The minimum absolute atomic E-state index is 0.210. The summed E-state index contributed by atoms with van der Waals surface area (Å²) in [7, 11) is -1.54. The van der Waals surface area contributed by atoms with Gasteiger partial charge in [0.25, 0.3) is 0 Å². The number of benzene rings is 1. The largest absolute Gasteiger partial charge is 0.398 e. The Labute approximate surface area is 119 Å². The van der Waals surface area contributed by atoms with Crippen molar-refractivity contribution in [1.29, 1.82) is 0 Å². The predicted molar refractivity (Wildman–Crippen MR) is 76.9 cm³/mol. The minimum Gasteiger partial charge on any atom is -0.398 e. The number of anilines is 1. The predicted octanol–water partition coefficient (Wildman–Crippen LogP) is 1.17. The van der Waals surface area contributed by atoms with Crippen molar-refractivity contribution in [2.45, 2.75) is 11.8 Å². The molecule has 1 fully saturated rings. The zero-order chi connectivity index (χ0) is 14.2. The van der Waals surface area contributed by atoms with Crippen molar-refractivity contribution >= 4 is 27.3 Å². The van der Waals surface area contributed by atoms with Crippen LogP contribution in [-0.4, -0.2) is 50.8 Å². The molecule has 0 atom stereocenters. The van der Waals surface area contributed by atoms with Gasteiger partial charge in [0.15, 0.2) is 0 Å². The zero-order valence-electron chi connectivity index (χ0n) is 11.1. The van der Waals surface area contributed by atoms with Gasteiger partial charge in [-0.2, -0.15) is 4.31 Å². The van der Waals surface area contributed by atoms with Gasteiger partial charge in [0.2, 0.25) is 10.0 Å². The maximum Gasteiger partial charge on any atom is 0.243 e. The summed E-state index contributed by atoms with van der Waals surface area (Å²) in [5, 5.41) is 0.343. The van der Waals surface area contributed by atoms with Crippen LogP contribution >= 0.6 is 11.6 Å². The van der Waals surface area contributed by atoms with Crippen molar-refractivity contribution in [2.75, 3.05) is 39.0 Å². The van der Waals surface area contributed by atoms with Crippen LogP contribution in [0.5, 0.6) is 0 Å². The lowest BCUT2D eigenvalue weighted by Crippen LogP contribution is -2.47. The average Bonchev–Trinajstić information content (AvgIpc) is 2.34. The van der Waals surface area contributed by atoms with Crippen molar-refractivity contribution in [3.63, 3.8) is 0 Å². The van der Waals surface area contributed by atoms with E-state index in [1.165, 1.54) is 10.4 Å². The molecular formula is C12H18ClN3O2S. The number of hydrogen-bond donors (Lipinski definition) is 1. The third kappa shape index (κ3) is 2.86. The van der Waals surface area contributed by atoms with Crippen LogP contribution in [0.1, 0.15) is 5.56 Å². The number of nitrogen functional groups attached to an aromatic ring is 1. The van der Waals surface area contributed by atoms with Crippen LogP contribution in [0.4, 0.5) is 5.69 Å². The second-order valence-electron chi connectivity index (χ2n) is 4.83. The van der Waals surface area contributed by atoms with E-state index in [0.29, 0.717) is 29.4 Å². The second-order valence-corrected chi connectivity index (χ2v) is 7.17. The first-order valence-electron chi connectivity index (χ1n) is 6.06. The van der Waals surface area contributed by atoms with Crippen LogP contribution in [0, 0.1) is 6.92 Å². The number of rotatable bonds is 2. The Balaban J connectivity index is 2.40. The molecule has 1 aliphatic heterocycles. The fourth-order valence-electron chi connectivity index (χ4n) is 2.11. The molecule has 1 aromatic carbocycles. The molecule has 0 aromatic heterocycles. The van der Waals surface area contributed by atoms with E-state index in [1.807, 2.05) is 7.05 Å². The number of piperazine rings is 1. The van der Waals surface area contributed by atoms with Gasteiger partial charge in [0.05, 0.1) is 4.90 Å². The molecule has 0 aliphatic carbocycles. The summed E-state index contributed by atoms with van der Waals surface area (Å²) < 4.78 is 26.7. The highest BCUT2D eigenvalue weighted by atomic mass is 35.5. The summed E-state index contributed by atoms with van der Waals surface area (Å²) in [6.07, 6.45) is 0. The van der Waals surface area contributed by atoms with E-state index in [0.717, 1.165) is 13.1 Å². The number of nitrogens with zero attached hydrogens (tertiary/aromatic N) is 2. The van der Waals surface area contributed by atoms with Crippen molar-refractivity contribution in [1.82, 2.24) is 9.21 Å². The fourth-order valence-corrected chi connectivity index (χ4v) is 4.10. The Morgan fingerprint density at radius 1 is 1.21 bits per heavy atom. The molecule has 1 aliphatic rings. The Hall–Kier alpha value is -0.820. The Bertz CT molecular complexity index is 581. The van der Waals surface area contributed by atoms with E-state index in [4.69, 9.17) is 17.3 Å². The first-order valence-corrected chi connectivity index (χ1v) is 7.88. The summed E-state index contributed by atoms with van der Waals surface area (Å²) >= 11 is 5.92. The molecule has 1 heterocycles. The molecular weight excluding hydrogens is 286 g/mol. The molecule has 0 saturated carbocycles. The highest BCUT2D eigenvalue weighted by molar-refractivity contribution is 7.89. The van der Waals surface area contributed by atoms with Crippen molar-refractivity contribution in [3.05, 3.63) is 22.7 Å². The molecule has 19 heavy (non-hydrogen) atoms.